The van der Waals surface area contributed by atoms with E-state index in [1.165, 1.54) is 6.21 Å². The Morgan fingerprint density at radius 1 is 1.35 bits per heavy atom. The number of nitrogens with zero attached hydrogens (tertiary/aromatic N) is 1. The number of aromatic hydroxyl groups is 1. The summed E-state index contributed by atoms with van der Waals surface area (Å²) in [6, 6.07) is 12.9. The van der Waals surface area contributed by atoms with Crippen molar-refractivity contribution in [1.82, 2.24) is 5.43 Å². The third-order valence-electron chi connectivity index (χ3n) is 2.96. The van der Waals surface area contributed by atoms with Crippen LogP contribution in [-0.2, 0) is 11.2 Å². The zero-order valence-corrected chi connectivity index (χ0v) is 14.8. The lowest BCUT2D eigenvalue weighted by atomic mass is 10.1. The van der Waals surface area contributed by atoms with E-state index in [-0.39, 0.29) is 18.1 Å². The Morgan fingerprint density at radius 2 is 2.09 bits per heavy atom. The van der Waals surface area contributed by atoms with Crippen LogP contribution in [0.5, 0.6) is 11.5 Å². The second-order valence-corrected chi connectivity index (χ2v) is 5.90. The third kappa shape index (κ3) is 5.24. The van der Waals surface area contributed by atoms with Crippen molar-refractivity contribution in [3.05, 3.63) is 57.2 Å². The molecule has 2 N–H and O–H groups in total. The first kappa shape index (κ1) is 17.3. The van der Waals surface area contributed by atoms with Gasteiger partial charge in [-0.15, -0.1) is 0 Å². The second kappa shape index (κ2) is 8.52. The first-order valence-corrected chi connectivity index (χ1v) is 8.19. The molecule has 0 heterocycles. The Hall–Kier alpha value is -2.09. The van der Waals surface area contributed by atoms with Crippen molar-refractivity contribution in [1.29, 1.82) is 0 Å². The SMILES string of the molecule is CCOc1cc(/C=N/NC(=O)Cc2ccccc2)cc(I)c1O. The molecular weight excluding hydrogens is 407 g/mol. The second-order valence-electron chi connectivity index (χ2n) is 4.74. The summed E-state index contributed by atoms with van der Waals surface area (Å²) in [6.45, 7) is 2.30. The molecule has 0 aliphatic rings. The van der Waals surface area contributed by atoms with Crippen molar-refractivity contribution in [3.8, 4) is 11.5 Å². The van der Waals surface area contributed by atoms with Gasteiger partial charge in [-0.1, -0.05) is 30.3 Å². The topological polar surface area (TPSA) is 70.9 Å². The highest BCUT2D eigenvalue weighted by atomic mass is 127. The number of amides is 1. The highest BCUT2D eigenvalue weighted by molar-refractivity contribution is 14.1. The van der Waals surface area contributed by atoms with E-state index < -0.39 is 0 Å². The number of benzene rings is 2. The van der Waals surface area contributed by atoms with Gasteiger partial charge in [-0.2, -0.15) is 5.10 Å². The Kier molecular flexibility index (Phi) is 6.40. The van der Waals surface area contributed by atoms with Crippen LogP contribution in [0, 0.1) is 3.57 Å². The summed E-state index contributed by atoms with van der Waals surface area (Å²) in [5.41, 5.74) is 4.15. The van der Waals surface area contributed by atoms with Gasteiger partial charge in [-0.05, 0) is 52.8 Å². The predicted octanol–water partition coefficient (Wildman–Crippen LogP) is 3.09. The van der Waals surface area contributed by atoms with E-state index in [0.29, 0.717) is 15.9 Å². The molecular formula is C17H17IN2O3. The lowest BCUT2D eigenvalue weighted by Crippen LogP contribution is -2.19. The Balaban J connectivity index is 1.99. The maximum atomic E-state index is 11.8. The molecule has 0 atom stereocenters. The van der Waals surface area contributed by atoms with Gasteiger partial charge in [0.1, 0.15) is 0 Å². The standard InChI is InChI=1S/C17H17IN2O3/c1-2-23-15-9-13(8-14(18)17(15)22)11-19-20-16(21)10-12-6-4-3-5-7-12/h3-9,11,22H,2,10H2,1H3,(H,20,21)/b19-11+. The van der Waals surface area contributed by atoms with Crippen LogP contribution in [0.4, 0.5) is 0 Å². The van der Waals surface area contributed by atoms with Gasteiger partial charge in [0.15, 0.2) is 11.5 Å². The molecule has 2 aromatic carbocycles. The smallest absolute Gasteiger partial charge is 0.244 e. The minimum absolute atomic E-state index is 0.109. The number of ether oxygens (including phenoxy) is 1. The fraction of sp³-hybridized carbons (Fsp3) is 0.176. The number of nitrogens with one attached hydrogen (secondary N) is 1. The molecule has 2 aromatic rings. The highest BCUT2D eigenvalue weighted by Crippen LogP contribution is 2.32. The Labute approximate surface area is 148 Å². The maximum Gasteiger partial charge on any atom is 0.244 e. The van der Waals surface area contributed by atoms with Crippen LogP contribution < -0.4 is 10.2 Å². The van der Waals surface area contributed by atoms with Crippen molar-refractivity contribution in [2.75, 3.05) is 6.61 Å². The van der Waals surface area contributed by atoms with Crippen LogP contribution >= 0.6 is 22.6 Å². The number of hydrazone groups is 1. The number of carbonyl (C=O) groups excluding carboxylic acids is 1. The van der Waals surface area contributed by atoms with Gasteiger partial charge in [-0.25, -0.2) is 5.43 Å². The Morgan fingerprint density at radius 3 is 2.78 bits per heavy atom. The molecule has 0 saturated heterocycles. The number of halogens is 1. The molecule has 0 spiro atoms. The maximum absolute atomic E-state index is 11.8. The monoisotopic (exact) mass is 424 g/mol. The summed E-state index contributed by atoms with van der Waals surface area (Å²) < 4.78 is 6.02. The number of carbonyl (C=O) groups is 1. The van der Waals surface area contributed by atoms with E-state index in [9.17, 15) is 9.90 Å². The van der Waals surface area contributed by atoms with Crippen LogP contribution in [0.15, 0.2) is 47.6 Å². The predicted molar refractivity (Wildman–Crippen MR) is 97.9 cm³/mol. The van der Waals surface area contributed by atoms with Crippen molar-refractivity contribution in [3.63, 3.8) is 0 Å². The number of rotatable bonds is 6. The molecule has 0 radical (unpaired) electrons. The van der Waals surface area contributed by atoms with Crippen LogP contribution in [0.3, 0.4) is 0 Å². The minimum Gasteiger partial charge on any atom is -0.504 e. The summed E-state index contributed by atoms with van der Waals surface area (Å²) in [5, 5.41) is 13.8. The largest absolute Gasteiger partial charge is 0.504 e. The molecule has 0 bridgehead atoms. The molecule has 0 aliphatic carbocycles. The molecule has 0 saturated carbocycles. The summed E-state index contributed by atoms with van der Waals surface area (Å²) in [6.07, 6.45) is 1.79. The van der Waals surface area contributed by atoms with Gasteiger partial charge in [-0.3, -0.25) is 4.79 Å². The quantitative estimate of drug-likeness (QED) is 0.426. The van der Waals surface area contributed by atoms with Crippen molar-refractivity contribution >= 4 is 34.7 Å². The normalized spacial score (nSPS) is 10.7. The van der Waals surface area contributed by atoms with Crippen molar-refractivity contribution in [2.24, 2.45) is 5.10 Å². The van der Waals surface area contributed by atoms with Crippen LogP contribution in [0.25, 0.3) is 0 Å². The molecule has 0 aromatic heterocycles. The van der Waals surface area contributed by atoms with Gasteiger partial charge in [0, 0.05) is 0 Å². The summed E-state index contributed by atoms with van der Waals surface area (Å²) in [5.74, 6) is 0.320. The number of phenolic OH excluding ortho intramolecular Hbond substituents is 1. The summed E-state index contributed by atoms with van der Waals surface area (Å²) in [7, 11) is 0. The van der Waals surface area contributed by atoms with E-state index in [4.69, 9.17) is 4.74 Å². The van der Waals surface area contributed by atoms with Crippen LogP contribution in [0.2, 0.25) is 0 Å². The van der Waals surface area contributed by atoms with Gasteiger partial charge in [0.05, 0.1) is 22.8 Å². The molecule has 23 heavy (non-hydrogen) atoms. The Bertz CT molecular complexity index is 702. The fourth-order valence-corrected chi connectivity index (χ4v) is 2.56. The summed E-state index contributed by atoms with van der Waals surface area (Å²) >= 11 is 2.02. The zero-order valence-electron chi connectivity index (χ0n) is 12.6. The van der Waals surface area contributed by atoms with Gasteiger partial charge in [0.25, 0.3) is 0 Å². The third-order valence-corrected chi connectivity index (χ3v) is 3.78. The van der Waals surface area contributed by atoms with Crippen LogP contribution in [-0.4, -0.2) is 23.8 Å². The first-order chi connectivity index (χ1) is 11.1. The average Bonchev–Trinajstić information content (AvgIpc) is 2.53. The van der Waals surface area contributed by atoms with E-state index in [2.05, 4.69) is 10.5 Å². The van der Waals surface area contributed by atoms with Crippen molar-refractivity contribution < 1.29 is 14.6 Å². The molecule has 6 heteroatoms. The minimum atomic E-state index is -0.189. The molecule has 0 unspecified atom stereocenters. The van der Waals surface area contributed by atoms with E-state index in [1.807, 2.05) is 59.8 Å². The van der Waals surface area contributed by atoms with Crippen LogP contribution in [0.1, 0.15) is 18.1 Å². The van der Waals surface area contributed by atoms with Gasteiger partial charge < -0.3 is 9.84 Å². The van der Waals surface area contributed by atoms with E-state index in [1.54, 1.807) is 12.1 Å². The molecule has 2 rings (SSSR count). The molecule has 120 valence electrons. The number of hydrogen-bond acceptors (Lipinski definition) is 4. The first-order valence-electron chi connectivity index (χ1n) is 7.11. The lowest BCUT2D eigenvalue weighted by molar-refractivity contribution is -0.120. The van der Waals surface area contributed by atoms with E-state index >= 15 is 0 Å². The van der Waals surface area contributed by atoms with Gasteiger partial charge >= 0.3 is 0 Å². The highest BCUT2D eigenvalue weighted by Gasteiger charge is 2.08. The van der Waals surface area contributed by atoms with E-state index in [0.717, 1.165) is 11.1 Å². The molecule has 1 amide bonds. The average molecular weight is 424 g/mol. The van der Waals surface area contributed by atoms with Crippen molar-refractivity contribution in [2.45, 2.75) is 13.3 Å². The summed E-state index contributed by atoms with van der Waals surface area (Å²) in [4.78, 5) is 11.8. The molecule has 0 fully saturated rings. The lowest BCUT2D eigenvalue weighted by Gasteiger charge is -2.08. The van der Waals surface area contributed by atoms with Gasteiger partial charge in [0.2, 0.25) is 5.91 Å². The number of hydrogen-bond donors (Lipinski definition) is 2. The molecule has 5 nitrogen and oxygen atoms in total. The number of phenols is 1. The zero-order chi connectivity index (χ0) is 16.7. The molecule has 0 aliphatic heterocycles. The fourth-order valence-electron chi connectivity index (χ4n) is 1.93.